The lowest BCUT2D eigenvalue weighted by molar-refractivity contribution is -0.00590. The van der Waals surface area contributed by atoms with E-state index in [0.717, 1.165) is 6.54 Å². The zero-order valence-electron chi connectivity index (χ0n) is 12.5. The molecule has 2 unspecified atom stereocenters. The highest BCUT2D eigenvalue weighted by atomic mass is 16.5. The Kier molecular flexibility index (Phi) is 6.61. The predicted molar refractivity (Wildman–Crippen MR) is 75.7 cm³/mol. The van der Waals surface area contributed by atoms with Gasteiger partial charge >= 0.3 is 0 Å². The van der Waals surface area contributed by atoms with Gasteiger partial charge in [-0.15, -0.1) is 0 Å². The molecule has 0 aliphatic heterocycles. The van der Waals surface area contributed by atoms with E-state index in [1.807, 2.05) is 0 Å². The third-order valence-electron chi connectivity index (χ3n) is 4.14. The van der Waals surface area contributed by atoms with E-state index in [1.165, 1.54) is 25.7 Å². The molecule has 0 saturated heterocycles. The minimum Gasteiger partial charge on any atom is -0.389 e. The standard InChI is InChI=1S/C15H31NO2/c1-12(15(2,3)4)9-16-10-13(17)11-18-14-7-5-6-8-14/h12-14,16-17H,5-11H2,1-4H3. The number of hydrogen-bond donors (Lipinski definition) is 2. The summed E-state index contributed by atoms with van der Waals surface area (Å²) in [6.45, 7) is 11.0. The van der Waals surface area contributed by atoms with Gasteiger partial charge in [0.15, 0.2) is 0 Å². The topological polar surface area (TPSA) is 41.5 Å². The van der Waals surface area contributed by atoms with E-state index in [0.29, 0.717) is 30.6 Å². The van der Waals surface area contributed by atoms with Crippen molar-refractivity contribution in [2.24, 2.45) is 11.3 Å². The van der Waals surface area contributed by atoms with Crippen LogP contribution >= 0.6 is 0 Å². The Bertz CT molecular complexity index is 219. The molecular formula is C15H31NO2. The molecule has 1 saturated carbocycles. The number of ether oxygens (including phenoxy) is 1. The van der Waals surface area contributed by atoms with Crippen molar-refractivity contribution in [2.75, 3.05) is 19.7 Å². The molecule has 0 aromatic heterocycles. The number of aliphatic hydroxyl groups excluding tert-OH is 1. The van der Waals surface area contributed by atoms with Crippen LogP contribution in [-0.4, -0.2) is 37.0 Å². The third kappa shape index (κ3) is 6.17. The van der Waals surface area contributed by atoms with Crippen LogP contribution in [0.1, 0.15) is 53.4 Å². The van der Waals surface area contributed by atoms with Gasteiger partial charge in [-0.3, -0.25) is 0 Å². The van der Waals surface area contributed by atoms with Crippen molar-refractivity contribution in [1.29, 1.82) is 0 Å². The first-order valence-electron chi connectivity index (χ1n) is 7.40. The van der Waals surface area contributed by atoms with Crippen LogP contribution in [0.5, 0.6) is 0 Å². The van der Waals surface area contributed by atoms with Crippen LogP contribution in [0, 0.1) is 11.3 Å². The minimum atomic E-state index is -0.377. The van der Waals surface area contributed by atoms with E-state index in [9.17, 15) is 5.11 Å². The van der Waals surface area contributed by atoms with Crippen molar-refractivity contribution in [3.8, 4) is 0 Å². The maximum absolute atomic E-state index is 9.84. The summed E-state index contributed by atoms with van der Waals surface area (Å²) < 4.78 is 5.70. The summed E-state index contributed by atoms with van der Waals surface area (Å²) in [5, 5.41) is 13.2. The fourth-order valence-electron chi connectivity index (χ4n) is 2.13. The zero-order chi connectivity index (χ0) is 13.6. The molecule has 3 nitrogen and oxygen atoms in total. The van der Waals surface area contributed by atoms with Crippen molar-refractivity contribution >= 4 is 0 Å². The van der Waals surface area contributed by atoms with E-state index in [-0.39, 0.29) is 6.10 Å². The van der Waals surface area contributed by atoms with Crippen LogP contribution in [-0.2, 0) is 4.74 Å². The largest absolute Gasteiger partial charge is 0.389 e. The molecular weight excluding hydrogens is 226 g/mol. The van der Waals surface area contributed by atoms with Gasteiger partial charge in [-0.05, 0) is 30.7 Å². The van der Waals surface area contributed by atoms with E-state index >= 15 is 0 Å². The second kappa shape index (κ2) is 7.46. The quantitative estimate of drug-likeness (QED) is 0.736. The van der Waals surface area contributed by atoms with Crippen LogP contribution in [0.2, 0.25) is 0 Å². The first-order chi connectivity index (χ1) is 8.39. The van der Waals surface area contributed by atoms with Gasteiger partial charge < -0.3 is 15.2 Å². The molecule has 0 spiro atoms. The Hall–Kier alpha value is -0.120. The molecule has 3 heteroatoms. The van der Waals surface area contributed by atoms with Crippen molar-refractivity contribution in [2.45, 2.75) is 65.6 Å². The van der Waals surface area contributed by atoms with E-state index in [4.69, 9.17) is 4.74 Å². The van der Waals surface area contributed by atoms with Crippen LogP contribution in [0.3, 0.4) is 0 Å². The van der Waals surface area contributed by atoms with Gasteiger partial charge in [0.25, 0.3) is 0 Å². The Balaban J connectivity index is 2.04. The van der Waals surface area contributed by atoms with Gasteiger partial charge in [0, 0.05) is 6.54 Å². The summed E-state index contributed by atoms with van der Waals surface area (Å²) in [6.07, 6.45) is 4.91. The lowest BCUT2D eigenvalue weighted by atomic mass is 9.82. The molecule has 2 atom stereocenters. The van der Waals surface area contributed by atoms with Crippen molar-refractivity contribution in [3.63, 3.8) is 0 Å². The number of aliphatic hydroxyl groups is 1. The molecule has 18 heavy (non-hydrogen) atoms. The average Bonchev–Trinajstić information content (AvgIpc) is 2.77. The van der Waals surface area contributed by atoms with E-state index in [1.54, 1.807) is 0 Å². The highest BCUT2D eigenvalue weighted by Gasteiger charge is 2.20. The second-order valence-corrected chi connectivity index (χ2v) is 6.82. The minimum absolute atomic E-state index is 0.318. The third-order valence-corrected chi connectivity index (χ3v) is 4.14. The highest BCUT2D eigenvalue weighted by molar-refractivity contribution is 4.73. The van der Waals surface area contributed by atoms with Crippen LogP contribution in [0.4, 0.5) is 0 Å². The molecule has 1 aliphatic carbocycles. The lowest BCUT2D eigenvalue weighted by Crippen LogP contribution is -2.36. The first kappa shape index (κ1) is 15.9. The van der Waals surface area contributed by atoms with Gasteiger partial charge in [-0.2, -0.15) is 0 Å². The smallest absolute Gasteiger partial charge is 0.0897 e. The summed E-state index contributed by atoms with van der Waals surface area (Å²) in [6, 6.07) is 0. The molecule has 1 rings (SSSR count). The Morgan fingerprint density at radius 2 is 1.83 bits per heavy atom. The molecule has 1 fully saturated rings. The van der Waals surface area contributed by atoms with Crippen molar-refractivity contribution in [3.05, 3.63) is 0 Å². The molecule has 0 heterocycles. The maximum atomic E-state index is 9.84. The summed E-state index contributed by atoms with van der Waals surface area (Å²) in [5.41, 5.74) is 0.318. The monoisotopic (exact) mass is 257 g/mol. The van der Waals surface area contributed by atoms with Gasteiger partial charge in [0.2, 0.25) is 0 Å². The summed E-state index contributed by atoms with van der Waals surface area (Å²) in [4.78, 5) is 0. The molecule has 108 valence electrons. The SMILES string of the molecule is CC(CNCC(O)COC1CCCC1)C(C)(C)C. The second-order valence-electron chi connectivity index (χ2n) is 6.82. The molecule has 0 bridgehead atoms. The summed E-state index contributed by atoms with van der Waals surface area (Å²) in [5.74, 6) is 0.598. The summed E-state index contributed by atoms with van der Waals surface area (Å²) in [7, 11) is 0. The van der Waals surface area contributed by atoms with E-state index < -0.39 is 0 Å². The van der Waals surface area contributed by atoms with Crippen LogP contribution < -0.4 is 5.32 Å². The molecule has 0 aromatic rings. The Morgan fingerprint density at radius 3 is 2.39 bits per heavy atom. The van der Waals surface area contributed by atoms with Crippen LogP contribution in [0.15, 0.2) is 0 Å². The van der Waals surface area contributed by atoms with Gasteiger partial charge in [0.1, 0.15) is 0 Å². The fraction of sp³-hybridized carbons (Fsp3) is 1.00. The molecule has 0 radical (unpaired) electrons. The van der Waals surface area contributed by atoms with Crippen LogP contribution in [0.25, 0.3) is 0 Å². The Morgan fingerprint density at radius 1 is 1.22 bits per heavy atom. The fourth-order valence-corrected chi connectivity index (χ4v) is 2.13. The predicted octanol–water partition coefficient (Wildman–Crippen LogP) is 2.58. The molecule has 0 amide bonds. The normalized spacial score (nSPS) is 21.2. The maximum Gasteiger partial charge on any atom is 0.0897 e. The lowest BCUT2D eigenvalue weighted by Gasteiger charge is -2.28. The van der Waals surface area contributed by atoms with E-state index in [2.05, 4.69) is 33.0 Å². The highest BCUT2D eigenvalue weighted by Crippen LogP contribution is 2.24. The zero-order valence-corrected chi connectivity index (χ0v) is 12.5. The molecule has 1 aliphatic rings. The van der Waals surface area contributed by atoms with Gasteiger partial charge in [-0.25, -0.2) is 0 Å². The van der Waals surface area contributed by atoms with Gasteiger partial charge in [-0.1, -0.05) is 40.5 Å². The van der Waals surface area contributed by atoms with Crippen molar-refractivity contribution < 1.29 is 9.84 Å². The first-order valence-corrected chi connectivity index (χ1v) is 7.40. The van der Waals surface area contributed by atoms with Gasteiger partial charge in [0.05, 0.1) is 18.8 Å². The Labute approximate surface area is 112 Å². The molecule has 0 aromatic carbocycles. The average molecular weight is 257 g/mol. The number of hydrogen-bond acceptors (Lipinski definition) is 3. The summed E-state index contributed by atoms with van der Waals surface area (Å²) >= 11 is 0. The van der Waals surface area contributed by atoms with Crippen molar-refractivity contribution in [1.82, 2.24) is 5.32 Å². The number of nitrogens with one attached hydrogen (secondary N) is 1. The molecule has 2 N–H and O–H groups in total. The number of rotatable bonds is 7.